The molecule has 3 aromatic rings. The molecule has 0 radical (unpaired) electrons. The van der Waals surface area contributed by atoms with Gasteiger partial charge in [0.15, 0.2) is 0 Å². The Morgan fingerprint density at radius 2 is 1.57 bits per heavy atom. The zero-order valence-electron chi connectivity index (χ0n) is 15.6. The first kappa shape index (κ1) is 19.3. The lowest BCUT2D eigenvalue weighted by atomic mass is 9.96. The van der Waals surface area contributed by atoms with Gasteiger partial charge in [-0.25, -0.2) is 4.98 Å². The van der Waals surface area contributed by atoms with Crippen molar-refractivity contribution in [2.45, 2.75) is 0 Å². The van der Waals surface area contributed by atoms with Crippen molar-refractivity contribution >= 4 is 17.4 Å². The van der Waals surface area contributed by atoms with Gasteiger partial charge in [-0.2, -0.15) is 5.26 Å². The van der Waals surface area contributed by atoms with Crippen LogP contribution in [0.4, 0.5) is 5.82 Å². The number of pyridine rings is 1. The first-order valence-electron chi connectivity index (χ1n) is 8.29. The molecular weight excluding hydrogens is 378 g/mol. The van der Waals surface area contributed by atoms with Gasteiger partial charge in [-0.1, -0.05) is 23.7 Å². The minimum atomic E-state index is 0.116. The molecule has 0 unspecified atom stereocenters. The van der Waals surface area contributed by atoms with E-state index < -0.39 is 0 Å². The maximum absolute atomic E-state index is 9.69. The number of methoxy groups -OCH3 is 3. The second-order valence-corrected chi connectivity index (χ2v) is 6.28. The van der Waals surface area contributed by atoms with Gasteiger partial charge in [-0.15, -0.1) is 0 Å². The summed E-state index contributed by atoms with van der Waals surface area (Å²) in [5, 5.41) is 10.3. The molecule has 0 fully saturated rings. The topological polar surface area (TPSA) is 90.4 Å². The molecule has 0 bridgehead atoms. The Balaban J connectivity index is 2.32. The number of hydrogen-bond donors (Lipinski definition) is 1. The summed E-state index contributed by atoms with van der Waals surface area (Å²) >= 11 is 5.98. The van der Waals surface area contributed by atoms with Crippen LogP contribution in [0.5, 0.6) is 17.2 Å². The normalized spacial score (nSPS) is 10.2. The Morgan fingerprint density at radius 1 is 0.964 bits per heavy atom. The molecule has 1 heterocycles. The number of ether oxygens (including phenoxy) is 3. The van der Waals surface area contributed by atoms with Crippen molar-refractivity contribution in [3.63, 3.8) is 0 Å². The van der Waals surface area contributed by atoms with Crippen molar-refractivity contribution in [2.24, 2.45) is 0 Å². The van der Waals surface area contributed by atoms with Crippen LogP contribution in [-0.4, -0.2) is 26.3 Å². The van der Waals surface area contributed by atoms with Crippen LogP contribution in [0, 0.1) is 11.3 Å². The smallest absolute Gasteiger partial charge is 0.142 e. The minimum absolute atomic E-state index is 0.116. The van der Waals surface area contributed by atoms with Crippen LogP contribution in [-0.2, 0) is 0 Å². The number of hydrogen-bond acceptors (Lipinski definition) is 6. The second kappa shape index (κ2) is 8.07. The molecule has 0 spiro atoms. The number of anilines is 1. The monoisotopic (exact) mass is 395 g/mol. The van der Waals surface area contributed by atoms with Crippen LogP contribution >= 0.6 is 11.6 Å². The van der Waals surface area contributed by atoms with Crippen molar-refractivity contribution < 1.29 is 14.2 Å². The summed E-state index contributed by atoms with van der Waals surface area (Å²) in [5.74, 6) is 1.65. The Labute approximate surface area is 168 Å². The van der Waals surface area contributed by atoms with E-state index in [-0.39, 0.29) is 11.4 Å². The van der Waals surface area contributed by atoms with Crippen molar-refractivity contribution in [3.05, 3.63) is 53.1 Å². The van der Waals surface area contributed by atoms with E-state index in [0.29, 0.717) is 39.1 Å². The summed E-state index contributed by atoms with van der Waals surface area (Å²) in [5.41, 5.74) is 8.90. The lowest BCUT2D eigenvalue weighted by Crippen LogP contribution is -2.02. The second-order valence-electron chi connectivity index (χ2n) is 5.84. The standard InChI is InChI=1S/C21H18ClN3O3/c1-26-14-8-18(27-2)20(19(9-14)28-3)15-10-17(25-21(24)16(15)11-23)12-4-6-13(22)7-5-12/h4-10H,1-3H3,(H2,24,25). The quantitative estimate of drug-likeness (QED) is 0.681. The molecule has 0 amide bonds. The van der Waals surface area contributed by atoms with Gasteiger partial charge >= 0.3 is 0 Å². The van der Waals surface area contributed by atoms with Gasteiger partial charge < -0.3 is 19.9 Å². The lowest BCUT2D eigenvalue weighted by Gasteiger charge is -2.17. The first-order chi connectivity index (χ1) is 13.5. The van der Waals surface area contributed by atoms with Crippen LogP contribution < -0.4 is 19.9 Å². The molecular formula is C21H18ClN3O3. The number of benzene rings is 2. The van der Waals surface area contributed by atoms with E-state index in [1.54, 1.807) is 37.4 Å². The van der Waals surface area contributed by atoms with Crippen molar-refractivity contribution in [3.8, 4) is 45.7 Å². The van der Waals surface area contributed by atoms with Gasteiger partial charge in [0.05, 0.1) is 32.6 Å². The zero-order valence-corrected chi connectivity index (χ0v) is 16.4. The lowest BCUT2D eigenvalue weighted by molar-refractivity contribution is 0.377. The van der Waals surface area contributed by atoms with E-state index in [4.69, 9.17) is 31.5 Å². The summed E-state index contributed by atoms with van der Waals surface area (Å²) in [6.07, 6.45) is 0. The third-order valence-corrected chi connectivity index (χ3v) is 4.54. The van der Waals surface area contributed by atoms with E-state index >= 15 is 0 Å². The largest absolute Gasteiger partial charge is 0.496 e. The highest BCUT2D eigenvalue weighted by Crippen LogP contribution is 2.44. The number of nitrogens with zero attached hydrogens (tertiary/aromatic N) is 2. The molecule has 0 saturated carbocycles. The maximum Gasteiger partial charge on any atom is 0.142 e. The number of nitrogens with two attached hydrogens (primary N) is 1. The van der Waals surface area contributed by atoms with Crippen molar-refractivity contribution in [1.82, 2.24) is 4.98 Å². The van der Waals surface area contributed by atoms with Crippen molar-refractivity contribution in [1.29, 1.82) is 5.26 Å². The third-order valence-electron chi connectivity index (χ3n) is 4.28. The van der Waals surface area contributed by atoms with Crippen LogP contribution in [0.15, 0.2) is 42.5 Å². The number of aromatic nitrogens is 1. The van der Waals surface area contributed by atoms with E-state index in [1.165, 1.54) is 14.2 Å². The summed E-state index contributed by atoms with van der Waals surface area (Å²) in [6, 6.07) is 14.6. The highest BCUT2D eigenvalue weighted by atomic mass is 35.5. The summed E-state index contributed by atoms with van der Waals surface area (Å²) < 4.78 is 16.4. The molecule has 0 aliphatic carbocycles. The fraction of sp³-hybridized carbons (Fsp3) is 0.143. The molecule has 3 rings (SSSR count). The predicted molar refractivity (Wildman–Crippen MR) is 109 cm³/mol. The van der Waals surface area contributed by atoms with E-state index in [9.17, 15) is 5.26 Å². The molecule has 142 valence electrons. The fourth-order valence-electron chi connectivity index (χ4n) is 2.92. The molecule has 1 aromatic heterocycles. The Morgan fingerprint density at radius 3 is 2.07 bits per heavy atom. The average molecular weight is 396 g/mol. The van der Waals surface area contributed by atoms with Crippen molar-refractivity contribution in [2.75, 3.05) is 27.1 Å². The average Bonchev–Trinajstić information content (AvgIpc) is 2.72. The fourth-order valence-corrected chi connectivity index (χ4v) is 3.05. The highest BCUT2D eigenvalue weighted by Gasteiger charge is 2.21. The molecule has 2 aromatic carbocycles. The van der Waals surface area contributed by atoms with Gasteiger partial charge in [0.1, 0.15) is 34.7 Å². The third kappa shape index (κ3) is 3.53. The van der Waals surface area contributed by atoms with E-state index in [0.717, 1.165) is 5.56 Å². The zero-order chi connectivity index (χ0) is 20.3. The summed E-state index contributed by atoms with van der Waals surface area (Å²) in [6.45, 7) is 0. The van der Waals surface area contributed by atoms with Gasteiger partial charge in [-0.05, 0) is 18.2 Å². The minimum Gasteiger partial charge on any atom is -0.496 e. The maximum atomic E-state index is 9.69. The Hall–Kier alpha value is -3.43. The Bertz CT molecular complexity index is 1030. The van der Waals surface area contributed by atoms with Gasteiger partial charge in [-0.3, -0.25) is 0 Å². The van der Waals surface area contributed by atoms with Gasteiger partial charge in [0, 0.05) is 28.3 Å². The highest BCUT2D eigenvalue weighted by molar-refractivity contribution is 6.30. The number of rotatable bonds is 5. The van der Waals surface area contributed by atoms with E-state index in [1.807, 2.05) is 12.1 Å². The molecule has 28 heavy (non-hydrogen) atoms. The van der Waals surface area contributed by atoms with Crippen LogP contribution in [0.1, 0.15) is 5.56 Å². The molecule has 0 atom stereocenters. The Kier molecular flexibility index (Phi) is 5.57. The predicted octanol–water partition coefficient (Wildman–Crippen LogP) is 4.55. The van der Waals surface area contributed by atoms with E-state index in [2.05, 4.69) is 11.1 Å². The number of nitrogen functional groups attached to an aromatic ring is 1. The summed E-state index contributed by atoms with van der Waals surface area (Å²) in [7, 11) is 4.63. The molecule has 0 aliphatic heterocycles. The molecule has 2 N–H and O–H groups in total. The number of nitriles is 1. The molecule has 0 saturated heterocycles. The first-order valence-corrected chi connectivity index (χ1v) is 8.67. The van der Waals surface area contributed by atoms with Gasteiger partial charge in [0.2, 0.25) is 0 Å². The van der Waals surface area contributed by atoms with Crippen LogP contribution in [0.2, 0.25) is 5.02 Å². The van der Waals surface area contributed by atoms with Crippen LogP contribution in [0.25, 0.3) is 22.4 Å². The van der Waals surface area contributed by atoms with Gasteiger partial charge in [0.25, 0.3) is 0 Å². The molecule has 0 aliphatic rings. The van der Waals surface area contributed by atoms with Crippen LogP contribution in [0.3, 0.4) is 0 Å². The molecule has 6 nitrogen and oxygen atoms in total. The summed E-state index contributed by atoms with van der Waals surface area (Å²) in [4.78, 5) is 4.38. The SMILES string of the molecule is COc1cc(OC)c(-c2cc(-c3ccc(Cl)cc3)nc(N)c2C#N)c(OC)c1. The number of halogens is 1. The molecule has 7 heteroatoms.